The summed E-state index contributed by atoms with van der Waals surface area (Å²) in [6.45, 7) is 1.59. The molecule has 0 unspecified atom stereocenters. The third-order valence-corrected chi connectivity index (χ3v) is 0.664. The summed E-state index contributed by atoms with van der Waals surface area (Å²) in [5.41, 5.74) is 13.3. The maximum Gasteiger partial charge on any atom is 0.146 e. The van der Waals surface area contributed by atoms with E-state index in [9.17, 15) is 0 Å². The Kier molecular flexibility index (Phi) is 7.70. The van der Waals surface area contributed by atoms with Gasteiger partial charge in [0.2, 0.25) is 0 Å². The SMILES string of the molecule is [N]CCOCOCCN. The van der Waals surface area contributed by atoms with E-state index < -0.39 is 0 Å². The largest absolute Gasteiger partial charge is 0.354 e. The summed E-state index contributed by atoms with van der Waals surface area (Å²) in [6.07, 6.45) is 0. The molecule has 0 aromatic rings. The summed E-state index contributed by atoms with van der Waals surface area (Å²) < 4.78 is 9.58. The van der Waals surface area contributed by atoms with E-state index >= 15 is 0 Å². The van der Waals surface area contributed by atoms with E-state index in [4.69, 9.17) is 20.9 Å². The minimum atomic E-state index is 0.0337. The van der Waals surface area contributed by atoms with Gasteiger partial charge in [0, 0.05) is 6.54 Å². The Balaban J connectivity index is 2.60. The molecule has 0 aliphatic rings. The fraction of sp³-hybridized carbons (Fsp3) is 1.00. The van der Waals surface area contributed by atoms with Crippen molar-refractivity contribution in [3.05, 3.63) is 0 Å². The molecule has 54 valence electrons. The topological polar surface area (TPSA) is 66.8 Å². The molecule has 0 atom stereocenters. The van der Waals surface area contributed by atoms with E-state index in [-0.39, 0.29) is 13.3 Å². The molecular weight excluding hydrogens is 120 g/mol. The molecule has 2 radical (unpaired) electrons. The first-order valence-corrected chi connectivity index (χ1v) is 2.88. The molecular formula is C5H12N2O2. The van der Waals surface area contributed by atoms with Gasteiger partial charge in [0.05, 0.1) is 19.8 Å². The molecule has 0 amide bonds. The van der Waals surface area contributed by atoms with Gasteiger partial charge in [0.1, 0.15) is 6.79 Å². The molecule has 4 heteroatoms. The van der Waals surface area contributed by atoms with Crippen LogP contribution in [0, 0.1) is 0 Å². The molecule has 2 N–H and O–H groups in total. The molecule has 0 aliphatic carbocycles. The van der Waals surface area contributed by atoms with Crippen LogP contribution in [0.3, 0.4) is 0 Å². The third kappa shape index (κ3) is 7.84. The van der Waals surface area contributed by atoms with Gasteiger partial charge in [0.15, 0.2) is 0 Å². The predicted molar refractivity (Wildman–Crippen MR) is 32.8 cm³/mol. The molecule has 0 spiro atoms. The average Bonchev–Trinajstić information content (AvgIpc) is 1.89. The van der Waals surface area contributed by atoms with E-state index in [1.165, 1.54) is 0 Å². The number of ether oxygens (including phenoxy) is 2. The molecule has 0 aromatic heterocycles. The van der Waals surface area contributed by atoms with Crippen LogP contribution >= 0.6 is 0 Å². The highest BCUT2D eigenvalue weighted by Crippen LogP contribution is 1.74. The zero-order valence-electron chi connectivity index (χ0n) is 5.38. The Bertz CT molecular complexity index is 46.2. The van der Waals surface area contributed by atoms with Crippen LogP contribution in [0.15, 0.2) is 0 Å². The second-order valence-electron chi connectivity index (χ2n) is 1.45. The molecule has 0 aromatic carbocycles. The second kappa shape index (κ2) is 7.84. The van der Waals surface area contributed by atoms with Crippen molar-refractivity contribution in [1.29, 1.82) is 0 Å². The first-order valence-electron chi connectivity index (χ1n) is 2.88. The van der Waals surface area contributed by atoms with Crippen LogP contribution in [-0.4, -0.2) is 33.1 Å². The molecule has 9 heavy (non-hydrogen) atoms. The van der Waals surface area contributed by atoms with Crippen molar-refractivity contribution in [3.8, 4) is 0 Å². The van der Waals surface area contributed by atoms with Gasteiger partial charge in [-0.2, -0.15) is 0 Å². The molecule has 0 bridgehead atoms. The number of hydrogen-bond acceptors (Lipinski definition) is 3. The van der Waals surface area contributed by atoms with Gasteiger partial charge in [0.25, 0.3) is 0 Å². The van der Waals surface area contributed by atoms with E-state index in [0.717, 1.165) is 0 Å². The highest BCUT2D eigenvalue weighted by atomic mass is 16.7. The van der Waals surface area contributed by atoms with Crippen LogP contribution < -0.4 is 11.5 Å². The quantitative estimate of drug-likeness (QED) is 0.372. The second-order valence-corrected chi connectivity index (χ2v) is 1.45. The molecule has 4 nitrogen and oxygen atoms in total. The molecule has 0 saturated heterocycles. The predicted octanol–water partition coefficient (Wildman–Crippen LogP) is -0.995. The van der Waals surface area contributed by atoms with E-state index in [2.05, 4.69) is 0 Å². The smallest absolute Gasteiger partial charge is 0.146 e. The maximum atomic E-state index is 8.22. The molecule has 0 rings (SSSR count). The lowest BCUT2D eigenvalue weighted by Gasteiger charge is -2.00. The van der Waals surface area contributed by atoms with Crippen molar-refractivity contribution in [3.63, 3.8) is 0 Å². The lowest BCUT2D eigenvalue weighted by Crippen LogP contribution is -2.11. The minimum absolute atomic E-state index is 0.0337. The van der Waals surface area contributed by atoms with Crippen LogP contribution in [0.25, 0.3) is 0 Å². The van der Waals surface area contributed by atoms with Crippen molar-refractivity contribution in [2.45, 2.75) is 0 Å². The van der Waals surface area contributed by atoms with Gasteiger partial charge in [-0.15, -0.1) is 5.73 Å². The van der Waals surface area contributed by atoms with Crippen molar-refractivity contribution in [2.75, 3.05) is 33.1 Å². The molecule has 0 fully saturated rings. The Labute approximate surface area is 55.1 Å². The van der Waals surface area contributed by atoms with Crippen LogP contribution in [0.4, 0.5) is 0 Å². The normalized spacial score (nSPS) is 10.0. The van der Waals surface area contributed by atoms with Crippen molar-refractivity contribution < 1.29 is 9.47 Å². The van der Waals surface area contributed by atoms with E-state index in [1.54, 1.807) is 0 Å². The monoisotopic (exact) mass is 132 g/mol. The van der Waals surface area contributed by atoms with Crippen molar-refractivity contribution in [1.82, 2.24) is 5.73 Å². The fourth-order valence-corrected chi connectivity index (χ4v) is 0.325. The first kappa shape index (κ1) is 8.84. The number of nitrogens with two attached hydrogens (primary N) is 1. The van der Waals surface area contributed by atoms with Gasteiger partial charge in [-0.1, -0.05) is 0 Å². The van der Waals surface area contributed by atoms with Gasteiger partial charge >= 0.3 is 0 Å². The summed E-state index contributed by atoms with van der Waals surface area (Å²) in [5, 5.41) is 0. The zero-order valence-corrected chi connectivity index (χ0v) is 5.38. The van der Waals surface area contributed by atoms with Crippen molar-refractivity contribution >= 4 is 0 Å². The Morgan fingerprint density at radius 2 is 1.89 bits per heavy atom. The van der Waals surface area contributed by atoms with Gasteiger partial charge in [-0.3, -0.25) is 0 Å². The van der Waals surface area contributed by atoms with Crippen LogP contribution in [0.2, 0.25) is 0 Å². The van der Waals surface area contributed by atoms with Crippen LogP contribution in [0.1, 0.15) is 0 Å². The average molecular weight is 132 g/mol. The Morgan fingerprint density at radius 1 is 1.22 bits per heavy atom. The Morgan fingerprint density at radius 3 is 2.44 bits per heavy atom. The number of nitrogens with zero attached hydrogens (tertiary/aromatic N) is 1. The fourth-order valence-electron chi connectivity index (χ4n) is 0.325. The summed E-state index contributed by atoms with van der Waals surface area (Å²) in [6, 6.07) is 0. The standard InChI is InChI=1S/C5H12N2O2/c6-1-3-8-5-9-4-2-7/h1-6H2. The number of hydrogen-bond donors (Lipinski definition) is 1. The molecule has 0 heterocycles. The summed E-state index contributed by atoms with van der Waals surface area (Å²) in [5.74, 6) is 0. The van der Waals surface area contributed by atoms with E-state index in [0.29, 0.717) is 19.8 Å². The summed E-state index contributed by atoms with van der Waals surface area (Å²) in [4.78, 5) is 0. The lowest BCUT2D eigenvalue weighted by atomic mass is 10.7. The highest BCUT2D eigenvalue weighted by Gasteiger charge is 1.84. The zero-order chi connectivity index (χ0) is 6.95. The van der Waals surface area contributed by atoms with Crippen LogP contribution in [0.5, 0.6) is 0 Å². The summed E-state index contributed by atoms with van der Waals surface area (Å²) in [7, 11) is 0. The minimum Gasteiger partial charge on any atom is -0.354 e. The lowest BCUT2D eigenvalue weighted by molar-refractivity contribution is -0.0484. The first-order chi connectivity index (χ1) is 4.41. The van der Waals surface area contributed by atoms with Gasteiger partial charge in [-0.05, 0) is 0 Å². The highest BCUT2D eigenvalue weighted by molar-refractivity contribution is 4.27. The van der Waals surface area contributed by atoms with Crippen molar-refractivity contribution in [2.24, 2.45) is 5.73 Å². The molecule has 0 aliphatic heterocycles. The maximum absolute atomic E-state index is 8.22. The third-order valence-electron chi connectivity index (χ3n) is 0.664. The van der Waals surface area contributed by atoms with Gasteiger partial charge < -0.3 is 15.2 Å². The van der Waals surface area contributed by atoms with Gasteiger partial charge in [-0.25, -0.2) is 0 Å². The molecule has 0 saturated carbocycles. The summed E-state index contributed by atoms with van der Waals surface area (Å²) >= 11 is 0. The number of rotatable bonds is 6. The van der Waals surface area contributed by atoms with E-state index in [1.807, 2.05) is 0 Å². The van der Waals surface area contributed by atoms with Crippen LogP contribution in [-0.2, 0) is 9.47 Å². The Hall–Kier alpha value is -0.160.